The van der Waals surface area contributed by atoms with Gasteiger partial charge in [-0.2, -0.15) is 9.71 Å². The molecule has 0 amide bonds. The van der Waals surface area contributed by atoms with Crippen molar-refractivity contribution in [3.05, 3.63) is 40.9 Å². The molecule has 2 aromatic rings. The third kappa shape index (κ3) is 0.852. The monoisotopic (exact) mass is 162 g/mol. The van der Waals surface area contributed by atoms with Crippen molar-refractivity contribution >= 4 is 10.9 Å². The van der Waals surface area contributed by atoms with Gasteiger partial charge in [0.15, 0.2) is 0 Å². The fourth-order valence-corrected chi connectivity index (χ4v) is 1.09. The average Bonchev–Trinajstić information content (AvgIpc) is 2.12. The van der Waals surface area contributed by atoms with Gasteiger partial charge in [0.2, 0.25) is 0 Å². The highest BCUT2D eigenvalue weighted by Crippen LogP contribution is 2.05. The van der Waals surface area contributed by atoms with E-state index in [4.69, 9.17) is 0 Å². The summed E-state index contributed by atoms with van der Waals surface area (Å²) in [7, 11) is 0. The molecule has 0 saturated heterocycles. The van der Waals surface area contributed by atoms with Crippen LogP contribution in [0.5, 0.6) is 0 Å². The maximum absolute atomic E-state index is 11.1. The second-order valence-corrected chi connectivity index (χ2v) is 2.41. The van der Waals surface area contributed by atoms with Crippen LogP contribution in [0.2, 0.25) is 0 Å². The van der Waals surface area contributed by atoms with Gasteiger partial charge in [0, 0.05) is 0 Å². The van der Waals surface area contributed by atoms with Crippen molar-refractivity contribution in [1.82, 2.24) is 9.71 Å². The average molecular weight is 162 g/mol. The first-order chi connectivity index (χ1) is 5.79. The third-order valence-electron chi connectivity index (χ3n) is 1.67. The highest BCUT2D eigenvalue weighted by Gasteiger charge is 1.99. The van der Waals surface area contributed by atoms with Gasteiger partial charge in [-0.3, -0.25) is 4.79 Å². The summed E-state index contributed by atoms with van der Waals surface area (Å²) in [5, 5.41) is 9.63. The van der Waals surface area contributed by atoms with E-state index in [1.54, 1.807) is 24.3 Å². The summed E-state index contributed by atoms with van der Waals surface area (Å²) >= 11 is 0. The van der Waals surface area contributed by atoms with E-state index < -0.39 is 0 Å². The van der Waals surface area contributed by atoms with Crippen LogP contribution in [0.25, 0.3) is 10.9 Å². The van der Waals surface area contributed by atoms with Crippen molar-refractivity contribution < 1.29 is 5.21 Å². The highest BCUT2D eigenvalue weighted by molar-refractivity contribution is 5.77. The number of hydrogen-bond donors (Lipinski definition) is 1. The summed E-state index contributed by atoms with van der Waals surface area (Å²) in [6.45, 7) is 0. The predicted molar refractivity (Wildman–Crippen MR) is 43.2 cm³/mol. The smallest absolute Gasteiger partial charge is 0.280 e. The standard InChI is InChI=1S/C8H6N2O2/c11-8-6-3-1-2-4-7(6)10(12)5-9-8/h1-5,12H. The Hall–Kier alpha value is -1.84. The van der Waals surface area contributed by atoms with Gasteiger partial charge in [-0.15, -0.1) is 0 Å². The first-order valence-corrected chi connectivity index (χ1v) is 3.45. The number of para-hydroxylation sites is 1. The van der Waals surface area contributed by atoms with Crippen molar-refractivity contribution in [2.45, 2.75) is 0 Å². The lowest BCUT2D eigenvalue weighted by molar-refractivity contribution is 0.194. The Morgan fingerprint density at radius 2 is 2.08 bits per heavy atom. The first kappa shape index (κ1) is 6.84. The van der Waals surface area contributed by atoms with Crippen LogP contribution in [-0.4, -0.2) is 14.9 Å². The van der Waals surface area contributed by atoms with E-state index in [9.17, 15) is 10.0 Å². The van der Waals surface area contributed by atoms with Gasteiger partial charge in [-0.05, 0) is 12.1 Å². The van der Waals surface area contributed by atoms with Crippen LogP contribution in [0.4, 0.5) is 0 Å². The lowest BCUT2D eigenvalue weighted by Crippen LogP contribution is -2.10. The number of nitrogens with zero attached hydrogens (tertiary/aromatic N) is 2. The van der Waals surface area contributed by atoms with Gasteiger partial charge in [0.1, 0.15) is 6.33 Å². The van der Waals surface area contributed by atoms with Crippen molar-refractivity contribution in [1.29, 1.82) is 0 Å². The Morgan fingerprint density at radius 3 is 2.83 bits per heavy atom. The van der Waals surface area contributed by atoms with Crippen LogP contribution < -0.4 is 5.56 Å². The summed E-state index contributed by atoms with van der Waals surface area (Å²) < 4.78 is 0.830. The normalized spacial score (nSPS) is 10.3. The molecule has 1 aromatic carbocycles. The van der Waals surface area contributed by atoms with Crippen molar-refractivity contribution in [2.75, 3.05) is 0 Å². The van der Waals surface area contributed by atoms with Gasteiger partial charge in [0.05, 0.1) is 10.9 Å². The summed E-state index contributed by atoms with van der Waals surface area (Å²) in [5.41, 5.74) is 0.147. The molecule has 1 N–H and O–H groups in total. The fourth-order valence-electron chi connectivity index (χ4n) is 1.09. The number of fused-ring (bicyclic) bond motifs is 1. The van der Waals surface area contributed by atoms with E-state index in [1.807, 2.05) is 0 Å². The van der Waals surface area contributed by atoms with Crippen LogP contribution in [0.3, 0.4) is 0 Å². The van der Waals surface area contributed by atoms with Crippen LogP contribution >= 0.6 is 0 Å². The molecular weight excluding hydrogens is 156 g/mol. The van der Waals surface area contributed by atoms with Crippen LogP contribution in [0, 0.1) is 0 Å². The highest BCUT2D eigenvalue weighted by atomic mass is 16.5. The molecule has 0 aliphatic rings. The molecule has 4 heteroatoms. The Balaban J connectivity index is 3.05. The predicted octanol–water partition coefficient (Wildman–Crippen LogP) is 0.634. The zero-order valence-electron chi connectivity index (χ0n) is 6.14. The molecule has 0 radical (unpaired) electrons. The molecule has 0 spiro atoms. The van der Waals surface area contributed by atoms with Crippen molar-refractivity contribution in [3.63, 3.8) is 0 Å². The molecule has 4 nitrogen and oxygen atoms in total. The quantitative estimate of drug-likeness (QED) is 0.578. The van der Waals surface area contributed by atoms with Gasteiger partial charge in [-0.25, -0.2) is 0 Å². The van der Waals surface area contributed by atoms with Gasteiger partial charge in [-0.1, -0.05) is 12.1 Å². The second-order valence-electron chi connectivity index (χ2n) is 2.41. The van der Waals surface area contributed by atoms with Crippen LogP contribution in [-0.2, 0) is 0 Å². The van der Waals surface area contributed by atoms with Crippen molar-refractivity contribution in [2.24, 2.45) is 0 Å². The Bertz CT molecular complexity index is 476. The molecule has 0 fully saturated rings. The van der Waals surface area contributed by atoms with E-state index in [2.05, 4.69) is 4.98 Å². The molecule has 0 unspecified atom stereocenters. The van der Waals surface area contributed by atoms with Gasteiger partial charge in [0.25, 0.3) is 5.56 Å². The largest absolute Gasteiger partial charge is 0.427 e. The zero-order chi connectivity index (χ0) is 8.55. The maximum atomic E-state index is 11.1. The topological polar surface area (TPSA) is 55.1 Å². The molecule has 1 heterocycles. The van der Waals surface area contributed by atoms with E-state index in [1.165, 1.54) is 0 Å². The van der Waals surface area contributed by atoms with E-state index >= 15 is 0 Å². The number of hydrogen-bond acceptors (Lipinski definition) is 3. The van der Waals surface area contributed by atoms with E-state index in [0.29, 0.717) is 10.9 Å². The molecule has 0 atom stereocenters. The Kier molecular flexibility index (Phi) is 1.33. The lowest BCUT2D eigenvalue weighted by Gasteiger charge is -1.99. The number of rotatable bonds is 0. The Labute approximate surface area is 67.7 Å². The molecule has 0 bridgehead atoms. The first-order valence-electron chi connectivity index (χ1n) is 3.45. The van der Waals surface area contributed by atoms with Gasteiger partial charge < -0.3 is 5.21 Å². The zero-order valence-corrected chi connectivity index (χ0v) is 6.14. The van der Waals surface area contributed by atoms with E-state index in [0.717, 1.165) is 11.1 Å². The molecule has 1 aromatic heterocycles. The van der Waals surface area contributed by atoms with Gasteiger partial charge >= 0.3 is 0 Å². The lowest BCUT2D eigenvalue weighted by atomic mass is 10.2. The maximum Gasteiger partial charge on any atom is 0.280 e. The summed E-state index contributed by atoms with van der Waals surface area (Å²) in [6.07, 6.45) is 1.09. The van der Waals surface area contributed by atoms with Crippen LogP contribution in [0.1, 0.15) is 0 Å². The molecular formula is C8H6N2O2. The number of aromatic nitrogens is 2. The van der Waals surface area contributed by atoms with Crippen molar-refractivity contribution in [3.8, 4) is 0 Å². The van der Waals surface area contributed by atoms with Crippen LogP contribution in [0.15, 0.2) is 35.4 Å². The molecule has 0 aliphatic carbocycles. The molecule has 0 aliphatic heterocycles. The minimum atomic E-state index is -0.323. The number of benzene rings is 1. The Morgan fingerprint density at radius 1 is 1.33 bits per heavy atom. The summed E-state index contributed by atoms with van der Waals surface area (Å²) in [5.74, 6) is 0. The summed E-state index contributed by atoms with van der Waals surface area (Å²) in [6, 6.07) is 6.75. The SMILES string of the molecule is O=c1ncn(O)c2ccccc12. The van der Waals surface area contributed by atoms with E-state index in [-0.39, 0.29) is 5.56 Å². The minimum Gasteiger partial charge on any atom is -0.427 e. The summed E-state index contributed by atoms with van der Waals surface area (Å²) in [4.78, 5) is 14.6. The molecule has 12 heavy (non-hydrogen) atoms. The molecule has 0 saturated carbocycles. The third-order valence-corrected chi connectivity index (χ3v) is 1.67. The molecule has 60 valence electrons. The molecule has 2 rings (SSSR count). The fraction of sp³-hybridized carbons (Fsp3) is 0. The second kappa shape index (κ2) is 2.34. The minimum absolute atomic E-state index is 0.323.